The third-order valence-electron chi connectivity index (χ3n) is 2.20. The molecule has 0 aliphatic carbocycles. The molecule has 0 heterocycles. The number of allylic oxidation sites excluding steroid dienone is 2. The Morgan fingerprint density at radius 1 is 1.21 bits per heavy atom. The normalized spacial score (nSPS) is 13.1. The second-order valence-corrected chi connectivity index (χ2v) is 4.02. The lowest BCUT2D eigenvalue weighted by atomic mass is 10.3. The second kappa shape index (κ2) is 10.5. The van der Waals surface area contributed by atoms with Crippen LogP contribution in [0, 0.1) is 0 Å². The van der Waals surface area contributed by atoms with Gasteiger partial charge in [0, 0.05) is 6.61 Å². The molecule has 0 fully saturated rings. The molecule has 0 aliphatic rings. The van der Waals surface area contributed by atoms with Crippen LogP contribution >= 0.6 is 0 Å². The molecular formula is C14H23NO4. The summed E-state index contributed by atoms with van der Waals surface area (Å²) in [5.74, 6) is -0.889. The Labute approximate surface area is 114 Å². The molecule has 1 unspecified atom stereocenters. The third-order valence-corrected chi connectivity index (χ3v) is 2.20. The summed E-state index contributed by atoms with van der Waals surface area (Å²) in [6.07, 6.45) is 5.67. The van der Waals surface area contributed by atoms with E-state index in [1.807, 2.05) is 6.92 Å². The number of aliphatic hydroxyl groups is 1. The smallest absolute Gasteiger partial charge is 0.253 e. The number of rotatable bonds is 8. The fraction of sp³-hybridized carbons (Fsp3) is 0.571. The van der Waals surface area contributed by atoms with Crippen LogP contribution in [0.15, 0.2) is 24.3 Å². The van der Waals surface area contributed by atoms with Crippen molar-refractivity contribution < 1.29 is 19.4 Å². The molecule has 0 bridgehead atoms. The van der Waals surface area contributed by atoms with Crippen LogP contribution in [0.5, 0.6) is 0 Å². The summed E-state index contributed by atoms with van der Waals surface area (Å²) in [4.78, 5) is 24.5. The molecule has 2 amide bonds. The lowest BCUT2D eigenvalue weighted by Gasteiger charge is -2.21. The SMILES string of the molecule is CC=CC(=O)N(CC(O)COCCC)C(=O)C=CC. The highest BCUT2D eigenvalue weighted by Gasteiger charge is 2.20. The van der Waals surface area contributed by atoms with Crippen LogP contribution in [0.4, 0.5) is 0 Å². The van der Waals surface area contributed by atoms with Gasteiger partial charge in [0.15, 0.2) is 0 Å². The third kappa shape index (κ3) is 7.54. The standard InChI is InChI=1S/C14H23NO4/c1-4-7-13(17)15(14(18)8-5-2)10-12(16)11-19-9-6-3/h4-5,7-8,12,16H,6,9-11H2,1-3H3. The molecule has 0 aromatic carbocycles. The van der Waals surface area contributed by atoms with E-state index in [9.17, 15) is 14.7 Å². The van der Waals surface area contributed by atoms with Crippen LogP contribution in [0.3, 0.4) is 0 Å². The Bertz CT molecular complexity index is 312. The van der Waals surface area contributed by atoms with Crippen molar-refractivity contribution in [1.82, 2.24) is 4.90 Å². The average molecular weight is 269 g/mol. The van der Waals surface area contributed by atoms with Crippen LogP contribution in [0.1, 0.15) is 27.2 Å². The first-order valence-electron chi connectivity index (χ1n) is 6.43. The highest BCUT2D eigenvalue weighted by Crippen LogP contribution is 2.00. The van der Waals surface area contributed by atoms with Gasteiger partial charge in [0.05, 0.1) is 19.3 Å². The van der Waals surface area contributed by atoms with Crippen LogP contribution in [-0.4, -0.2) is 47.7 Å². The summed E-state index contributed by atoms with van der Waals surface area (Å²) in [5.41, 5.74) is 0. The van der Waals surface area contributed by atoms with E-state index < -0.39 is 17.9 Å². The zero-order valence-electron chi connectivity index (χ0n) is 11.8. The molecule has 108 valence electrons. The van der Waals surface area contributed by atoms with E-state index in [0.717, 1.165) is 11.3 Å². The lowest BCUT2D eigenvalue weighted by molar-refractivity contribution is -0.141. The summed E-state index contributed by atoms with van der Waals surface area (Å²) < 4.78 is 5.19. The van der Waals surface area contributed by atoms with Gasteiger partial charge in [-0.1, -0.05) is 19.1 Å². The van der Waals surface area contributed by atoms with E-state index in [1.54, 1.807) is 26.0 Å². The van der Waals surface area contributed by atoms with Gasteiger partial charge in [-0.2, -0.15) is 0 Å². The van der Waals surface area contributed by atoms with Crippen LogP contribution < -0.4 is 0 Å². The molecule has 0 aromatic rings. The summed E-state index contributed by atoms with van der Waals surface area (Å²) in [5, 5.41) is 9.76. The summed E-state index contributed by atoms with van der Waals surface area (Å²) in [7, 11) is 0. The molecule has 0 aliphatic heterocycles. The molecule has 1 N–H and O–H groups in total. The minimum Gasteiger partial charge on any atom is -0.389 e. The Morgan fingerprint density at radius 2 is 1.74 bits per heavy atom. The topological polar surface area (TPSA) is 66.8 Å². The van der Waals surface area contributed by atoms with E-state index in [4.69, 9.17) is 4.74 Å². The Hall–Kier alpha value is -1.46. The largest absolute Gasteiger partial charge is 0.389 e. The number of carbonyl (C=O) groups excluding carboxylic acids is 2. The molecule has 0 saturated heterocycles. The van der Waals surface area contributed by atoms with Gasteiger partial charge in [-0.25, -0.2) is 0 Å². The molecular weight excluding hydrogens is 246 g/mol. The molecule has 0 radical (unpaired) electrons. The Morgan fingerprint density at radius 3 is 2.16 bits per heavy atom. The number of hydrogen-bond donors (Lipinski definition) is 1. The van der Waals surface area contributed by atoms with Crippen molar-refractivity contribution in [2.24, 2.45) is 0 Å². The van der Waals surface area contributed by atoms with Crippen molar-refractivity contribution in [3.05, 3.63) is 24.3 Å². The zero-order chi connectivity index (χ0) is 14.7. The Balaban J connectivity index is 4.57. The number of nitrogens with zero attached hydrogens (tertiary/aromatic N) is 1. The highest BCUT2D eigenvalue weighted by atomic mass is 16.5. The van der Waals surface area contributed by atoms with E-state index in [1.165, 1.54) is 12.2 Å². The lowest BCUT2D eigenvalue weighted by Crippen LogP contribution is -2.41. The first-order valence-corrected chi connectivity index (χ1v) is 6.43. The maximum absolute atomic E-state index is 11.8. The first-order chi connectivity index (χ1) is 9.06. The molecule has 0 saturated carbocycles. The molecule has 5 nitrogen and oxygen atoms in total. The van der Waals surface area contributed by atoms with Crippen molar-refractivity contribution in [3.8, 4) is 0 Å². The van der Waals surface area contributed by atoms with Crippen molar-refractivity contribution >= 4 is 11.8 Å². The van der Waals surface area contributed by atoms with E-state index in [0.29, 0.717) is 6.61 Å². The maximum Gasteiger partial charge on any atom is 0.253 e. The van der Waals surface area contributed by atoms with Crippen molar-refractivity contribution in [3.63, 3.8) is 0 Å². The van der Waals surface area contributed by atoms with Crippen LogP contribution in [-0.2, 0) is 14.3 Å². The average Bonchev–Trinajstić information content (AvgIpc) is 2.36. The van der Waals surface area contributed by atoms with Gasteiger partial charge in [-0.3, -0.25) is 14.5 Å². The molecule has 0 spiro atoms. The van der Waals surface area contributed by atoms with Crippen molar-refractivity contribution in [2.75, 3.05) is 19.8 Å². The van der Waals surface area contributed by atoms with Gasteiger partial charge in [0.2, 0.25) is 0 Å². The minimum atomic E-state index is -0.880. The minimum absolute atomic E-state index is 0.0734. The highest BCUT2D eigenvalue weighted by molar-refractivity contribution is 6.05. The summed E-state index contributed by atoms with van der Waals surface area (Å²) in [6.45, 7) is 5.92. The monoisotopic (exact) mass is 269 g/mol. The van der Waals surface area contributed by atoms with E-state index in [-0.39, 0.29) is 13.2 Å². The van der Waals surface area contributed by atoms with Crippen LogP contribution in [0.25, 0.3) is 0 Å². The maximum atomic E-state index is 11.8. The van der Waals surface area contributed by atoms with Gasteiger partial charge < -0.3 is 9.84 Å². The molecule has 1 atom stereocenters. The summed E-state index contributed by atoms with van der Waals surface area (Å²) in [6, 6.07) is 0. The number of amides is 2. The molecule has 5 heteroatoms. The zero-order valence-corrected chi connectivity index (χ0v) is 11.8. The fourth-order valence-corrected chi connectivity index (χ4v) is 1.38. The van der Waals surface area contributed by atoms with E-state index in [2.05, 4.69) is 0 Å². The van der Waals surface area contributed by atoms with Gasteiger partial charge in [-0.05, 0) is 32.4 Å². The van der Waals surface area contributed by atoms with Gasteiger partial charge in [0.1, 0.15) is 0 Å². The molecule has 0 rings (SSSR count). The van der Waals surface area contributed by atoms with Gasteiger partial charge >= 0.3 is 0 Å². The number of aliphatic hydroxyl groups excluding tert-OH is 1. The number of imide groups is 1. The predicted molar refractivity (Wildman–Crippen MR) is 73.5 cm³/mol. The number of hydrogen-bond acceptors (Lipinski definition) is 4. The number of carbonyl (C=O) groups is 2. The summed E-state index contributed by atoms with van der Waals surface area (Å²) >= 11 is 0. The predicted octanol–water partition coefficient (Wildman–Crippen LogP) is 1.28. The quantitative estimate of drug-likeness (QED) is 0.532. The van der Waals surface area contributed by atoms with Crippen molar-refractivity contribution in [2.45, 2.75) is 33.3 Å². The van der Waals surface area contributed by atoms with Gasteiger partial charge in [0.25, 0.3) is 11.8 Å². The van der Waals surface area contributed by atoms with Crippen LogP contribution in [0.2, 0.25) is 0 Å². The van der Waals surface area contributed by atoms with Gasteiger partial charge in [-0.15, -0.1) is 0 Å². The Kier molecular flexibility index (Phi) is 9.66. The molecule has 0 aromatic heterocycles. The number of ether oxygens (including phenoxy) is 1. The fourth-order valence-electron chi connectivity index (χ4n) is 1.38. The molecule has 19 heavy (non-hydrogen) atoms. The van der Waals surface area contributed by atoms with E-state index >= 15 is 0 Å². The first kappa shape index (κ1) is 17.5. The van der Waals surface area contributed by atoms with Crippen molar-refractivity contribution in [1.29, 1.82) is 0 Å². The second-order valence-electron chi connectivity index (χ2n) is 4.02.